The van der Waals surface area contributed by atoms with Crippen molar-refractivity contribution >= 4 is 5.97 Å². The van der Waals surface area contributed by atoms with Gasteiger partial charge in [0, 0.05) is 12.4 Å². The molecule has 0 saturated carbocycles. The molecular weight excluding hydrogens is 209 g/mol. The summed E-state index contributed by atoms with van der Waals surface area (Å²) < 4.78 is 13.1. The number of carboxylic acid groups (broad SMARTS) is 1. The Morgan fingerprint density at radius 3 is 2.50 bits per heavy atom. The Morgan fingerprint density at radius 2 is 1.88 bits per heavy atom. The Balaban J connectivity index is 2.63. The molecule has 0 aliphatic carbocycles. The van der Waals surface area contributed by atoms with E-state index in [4.69, 9.17) is 5.11 Å². The zero-order chi connectivity index (χ0) is 11.5. The molecule has 0 spiro atoms. The van der Waals surface area contributed by atoms with Gasteiger partial charge in [0.2, 0.25) is 0 Å². The predicted molar refractivity (Wildman–Crippen MR) is 56.6 cm³/mol. The van der Waals surface area contributed by atoms with Crippen molar-refractivity contribution in [3.8, 4) is 11.1 Å². The van der Waals surface area contributed by atoms with Crippen LogP contribution in [0.4, 0.5) is 4.39 Å². The third-order valence-electron chi connectivity index (χ3n) is 2.20. The molecule has 0 unspecified atom stereocenters. The van der Waals surface area contributed by atoms with Crippen LogP contribution in [0.2, 0.25) is 0 Å². The maximum absolute atomic E-state index is 13.1. The molecule has 0 saturated heterocycles. The third kappa shape index (κ3) is 1.91. The third-order valence-corrected chi connectivity index (χ3v) is 2.20. The average Bonchev–Trinajstić information content (AvgIpc) is 2.29. The minimum atomic E-state index is -1.08. The van der Waals surface area contributed by atoms with E-state index in [-0.39, 0.29) is 5.56 Å². The molecule has 2 rings (SSSR count). The maximum atomic E-state index is 13.1. The summed E-state index contributed by atoms with van der Waals surface area (Å²) in [6, 6.07) is 6.88. The van der Waals surface area contributed by atoms with Crippen LogP contribution in [0.5, 0.6) is 0 Å². The average molecular weight is 217 g/mol. The summed E-state index contributed by atoms with van der Waals surface area (Å²) in [5, 5.41) is 8.98. The fourth-order valence-electron chi connectivity index (χ4n) is 1.47. The quantitative estimate of drug-likeness (QED) is 0.841. The molecule has 0 fully saturated rings. The summed E-state index contributed by atoms with van der Waals surface area (Å²) >= 11 is 0. The van der Waals surface area contributed by atoms with Gasteiger partial charge < -0.3 is 5.11 Å². The van der Waals surface area contributed by atoms with Gasteiger partial charge in [-0.05, 0) is 41.5 Å². The Bertz CT molecular complexity index is 526. The van der Waals surface area contributed by atoms with Crippen molar-refractivity contribution < 1.29 is 14.3 Å². The summed E-state index contributed by atoms with van der Waals surface area (Å²) in [7, 11) is 0. The second-order valence-electron chi connectivity index (χ2n) is 3.23. The molecule has 16 heavy (non-hydrogen) atoms. The van der Waals surface area contributed by atoms with Gasteiger partial charge in [-0.1, -0.05) is 0 Å². The molecule has 0 aliphatic rings. The Kier molecular flexibility index (Phi) is 2.64. The number of halogens is 1. The SMILES string of the molecule is O=C(O)c1ccc(F)cc1-c1ccncc1. The van der Waals surface area contributed by atoms with Crippen LogP contribution < -0.4 is 0 Å². The maximum Gasteiger partial charge on any atom is 0.336 e. The molecule has 3 nitrogen and oxygen atoms in total. The normalized spacial score (nSPS) is 10.1. The monoisotopic (exact) mass is 217 g/mol. The van der Waals surface area contributed by atoms with E-state index in [1.165, 1.54) is 24.5 Å². The number of hydrogen-bond acceptors (Lipinski definition) is 2. The van der Waals surface area contributed by atoms with Gasteiger partial charge in [0.05, 0.1) is 5.56 Å². The van der Waals surface area contributed by atoms with Crippen molar-refractivity contribution in [1.29, 1.82) is 0 Å². The largest absolute Gasteiger partial charge is 0.478 e. The summed E-state index contributed by atoms with van der Waals surface area (Å²) in [6.07, 6.45) is 3.07. The first-order valence-electron chi connectivity index (χ1n) is 4.62. The van der Waals surface area contributed by atoms with Crippen molar-refractivity contribution in [2.45, 2.75) is 0 Å². The number of aromatic nitrogens is 1. The van der Waals surface area contributed by atoms with Gasteiger partial charge in [-0.15, -0.1) is 0 Å². The molecule has 1 aromatic carbocycles. The molecule has 80 valence electrons. The molecule has 4 heteroatoms. The molecule has 2 aromatic rings. The van der Waals surface area contributed by atoms with E-state index in [0.29, 0.717) is 11.1 Å². The topological polar surface area (TPSA) is 50.2 Å². The number of hydrogen-bond donors (Lipinski definition) is 1. The van der Waals surface area contributed by atoms with Gasteiger partial charge in [0.25, 0.3) is 0 Å². The minimum Gasteiger partial charge on any atom is -0.478 e. The van der Waals surface area contributed by atoms with Crippen molar-refractivity contribution in [3.63, 3.8) is 0 Å². The lowest BCUT2D eigenvalue weighted by molar-refractivity contribution is 0.0697. The van der Waals surface area contributed by atoms with Crippen LogP contribution in [-0.2, 0) is 0 Å². The summed E-state index contributed by atoms with van der Waals surface area (Å²) in [5.41, 5.74) is 1.06. The van der Waals surface area contributed by atoms with E-state index in [2.05, 4.69) is 4.98 Å². The van der Waals surface area contributed by atoms with Crippen molar-refractivity contribution in [3.05, 3.63) is 54.1 Å². The molecular formula is C12H8FNO2. The standard InChI is InChI=1S/C12H8FNO2/c13-9-1-2-10(12(15)16)11(7-9)8-3-5-14-6-4-8/h1-7H,(H,15,16). The van der Waals surface area contributed by atoms with Gasteiger partial charge in [0.1, 0.15) is 5.82 Å². The zero-order valence-electron chi connectivity index (χ0n) is 8.22. The van der Waals surface area contributed by atoms with E-state index < -0.39 is 11.8 Å². The minimum absolute atomic E-state index is 0.0765. The summed E-state index contributed by atoms with van der Waals surface area (Å²) in [4.78, 5) is 14.8. The lowest BCUT2D eigenvalue weighted by atomic mass is 10.0. The van der Waals surface area contributed by atoms with Crippen molar-refractivity contribution in [2.75, 3.05) is 0 Å². The van der Waals surface area contributed by atoms with Crippen LogP contribution in [0.25, 0.3) is 11.1 Å². The lowest BCUT2D eigenvalue weighted by Crippen LogP contribution is -2.00. The smallest absolute Gasteiger partial charge is 0.336 e. The molecule has 1 aromatic heterocycles. The molecule has 0 radical (unpaired) electrons. The molecule has 0 aliphatic heterocycles. The number of carboxylic acids is 1. The van der Waals surface area contributed by atoms with E-state index in [1.807, 2.05) is 0 Å². The number of benzene rings is 1. The highest BCUT2D eigenvalue weighted by molar-refractivity contribution is 5.95. The number of aromatic carboxylic acids is 1. The number of pyridine rings is 1. The molecule has 0 atom stereocenters. The van der Waals surface area contributed by atoms with Crippen LogP contribution in [0, 0.1) is 5.82 Å². The zero-order valence-corrected chi connectivity index (χ0v) is 8.22. The van der Waals surface area contributed by atoms with Crippen molar-refractivity contribution in [2.24, 2.45) is 0 Å². The molecule has 1 heterocycles. The van der Waals surface area contributed by atoms with Crippen LogP contribution in [0.3, 0.4) is 0 Å². The highest BCUT2D eigenvalue weighted by Gasteiger charge is 2.12. The van der Waals surface area contributed by atoms with Crippen molar-refractivity contribution in [1.82, 2.24) is 4.98 Å². The van der Waals surface area contributed by atoms with Crippen LogP contribution in [-0.4, -0.2) is 16.1 Å². The van der Waals surface area contributed by atoms with Crippen LogP contribution in [0.15, 0.2) is 42.7 Å². The van der Waals surface area contributed by atoms with Gasteiger partial charge in [0.15, 0.2) is 0 Å². The van der Waals surface area contributed by atoms with Gasteiger partial charge in [-0.3, -0.25) is 4.98 Å². The second-order valence-corrected chi connectivity index (χ2v) is 3.23. The lowest BCUT2D eigenvalue weighted by Gasteiger charge is -2.05. The van der Waals surface area contributed by atoms with Gasteiger partial charge in [-0.25, -0.2) is 9.18 Å². The van der Waals surface area contributed by atoms with Gasteiger partial charge in [-0.2, -0.15) is 0 Å². The molecule has 0 bridgehead atoms. The summed E-state index contributed by atoms with van der Waals surface area (Å²) in [5.74, 6) is -1.54. The highest BCUT2D eigenvalue weighted by atomic mass is 19.1. The number of carbonyl (C=O) groups is 1. The van der Waals surface area contributed by atoms with E-state index in [0.717, 1.165) is 6.07 Å². The first-order chi connectivity index (χ1) is 7.68. The molecule has 1 N–H and O–H groups in total. The highest BCUT2D eigenvalue weighted by Crippen LogP contribution is 2.24. The molecule has 0 amide bonds. The fraction of sp³-hybridized carbons (Fsp3) is 0. The number of rotatable bonds is 2. The van der Waals surface area contributed by atoms with E-state index >= 15 is 0 Å². The first kappa shape index (κ1) is 10.3. The van der Waals surface area contributed by atoms with Gasteiger partial charge >= 0.3 is 5.97 Å². The van der Waals surface area contributed by atoms with Crippen LogP contribution in [0.1, 0.15) is 10.4 Å². The first-order valence-corrected chi connectivity index (χ1v) is 4.62. The van der Waals surface area contributed by atoms with Crippen LogP contribution >= 0.6 is 0 Å². The summed E-state index contributed by atoms with van der Waals surface area (Å²) in [6.45, 7) is 0. The Morgan fingerprint density at radius 1 is 1.19 bits per heavy atom. The Labute approximate surface area is 91.2 Å². The fourth-order valence-corrected chi connectivity index (χ4v) is 1.47. The predicted octanol–water partition coefficient (Wildman–Crippen LogP) is 2.59. The Hall–Kier alpha value is -2.23. The second kappa shape index (κ2) is 4.10. The van der Waals surface area contributed by atoms with E-state index in [1.54, 1.807) is 12.1 Å². The van der Waals surface area contributed by atoms with E-state index in [9.17, 15) is 9.18 Å². The number of nitrogens with zero attached hydrogens (tertiary/aromatic N) is 1.